The topological polar surface area (TPSA) is 66.9 Å². The Morgan fingerprint density at radius 3 is 2.42 bits per heavy atom. The highest BCUT2D eigenvalue weighted by molar-refractivity contribution is 5.89. The van der Waals surface area contributed by atoms with Gasteiger partial charge in [-0.05, 0) is 43.7 Å². The smallest absolute Gasteiger partial charge is 0.162 e. The molecule has 0 bridgehead atoms. The molecule has 1 aromatic heterocycles. The second-order valence-electron chi connectivity index (χ2n) is 8.14. The Morgan fingerprint density at radius 1 is 1.00 bits per heavy atom. The number of carbonyl (C=O) groups excluding carboxylic acids is 1. The highest BCUT2D eigenvalue weighted by Crippen LogP contribution is 2.42. The fourth-order valence-electron chi connectivity index (χ4n) is 3.80. The number of Topliss-reactive ketones (excluding diaryl/α,β-unsaturated/α-hetero) is 1. The van der Waals surface area contributed by atoms with Crippen molar-refractivity contribution in [3.05, 3.63) is 84.0 Å². The van der Waals surface area contributed by atoms with Crippen LogP contribution in [0.4, 0.5) is 0 Å². The van der Waals surface area contributed by atoms with Gasteiger partial charge in [-0.3, -0.25) is 9.78 Å². The average molecular weight is 446 g/mol. The largest absolute Gasteiger partial charge is 0.493 e. The number of nitrogens with zero attached hydrogens (tertiary/aromatic N) is 1. The Labute approximate surface area is 193 Å². The Balaban J connectivity index is 1.65. The van der Waals surface area contributed by atoms with E-state index >= 15 is 0 Å². The number of carbonyl (C=O) groups is 1. The van der Waals surface area contributed by atoms with Crippen LogP contribution in [-0.4, -0.2) is 25.0 Å². The highest BCUT2D eigenvalue weighted by Gasteiger charge is 2.40. The first-order chi connectivity index (χ1) is 15.9. The summed E-state index contributed by atoms with van der Waals surface area (Å²) < 4.78 is 23.2. The number of allylic oxidation sites excluding steroid dienone is 4. The molecular formula is C27H27NO5. The van der Waals surface area contributed by atoms with Crippen molar-refractivity contribution in [3.63, 3.8) is 0 Å². The van der Waals surface area contributed by atoms with Gasteiger partial charge in [0.2, 0.25) is 0 Å². The zero-order valence-electron chi connectivity index (χ0n) is 19.3. The summed E-state index contributed by atoms with van der Waals surface area (Å²) in [5.74, 6) is 3.05. The molecule has 1 heterocycles. The van der Waals surface area contributed by atoms with Crippen LogP contribution in [0.2, 0.25) is 0 Å². The van der Waals surface area contributed by atoms with E-state index < -0.39 is 5.41 Å². The second-order valence-corrected chi connectivity index (χ2v) is 8.14. The molecule has 0 radical (unpaired) electrons. The van der Waals surface area contributed by atoms with E-state index in [-0.39, 0.29) is 5.78 Å². The third kappa shape index (κ3) is 4.55. The van der Waals surface area contributed by atoms with E-state index in [2.05, 4.69) is 4.98 Å². The first-order valence-corrected chi connectivity index (χ1v) is 10.7. The Morgan fingerprint density at radius 2 is 1.73 bits per heavy atom. The summed E-state index contributed by atoms with van der Waals surface area (Å²) in [6, 6.07) is 15.3. The first kappa shape index (κ1) is 22.4. The summed E-state index contributed by atoms with van der Waals surface area (Å²) in [7, 11) is 3.16. The van der Waals surface area contributed by atoms with Gasteiger partial charge in [0.15, 0.2) is 11.5 Å². The normalized spacial score (nSPS) is 17.7. The van der Waals surface area contributed by atoms with Crippen LogP contribution in [0, 0.1) is 5.41 Å². The van der Waals surface area contributed by atoms with Crippen molar-refractivity contribution in [1.29, 1.82) is 0 Å². The van der Waals surface area contributed by atoms with Gasteiger partial charge < -0.3 is 18.9 Å². The number of rotatable bonds is 8. The van der Waals surface area contributed by atoms with Crippen LogP contribution in [0.25, 0.3) is 10.9 Å². The lowest BCUT2D eigenvalue weighted by Crippen LogP contribution is -2.33. The van der Waals surface area contributed by atoms with Crippen LogP contribution in [0.3, 0.4) is 0 Å². The fourth-order valence-corrected chi connectivity index (χ4v) is 3.80. The Bertz CT molecular complexity index is 1230. The first-order valence-electron chi connectivity index (χ1n) is 10.7. The molecule has 1 aliphatic carbocycles. The molecule has 0 amide bonds. The average Bonchev–Trinajstić information content (AvgIpc) is 2.84. The molecule has 2 aromatic carbocycles. The SMILES string of the molecule is COc1cc2nccc(OC3=CC=C(OCc4ccccc4)CC3(C)C(C)=O)c2cc1OC. The van der Waals surface area contributed by atoms with Gasteiger partial charge in [-0.15, -0.1) is 0 Å². The minimum absolute atomic E-state index is 0.000252. The molecule has 0 fully saturated rings. The molecular weight excluding hydrogens is 418 g/mol. The molecule has 6 heteroatoms. The van der Waals surface area contributed by atoms with Crippen LogP contribution in [0.1, 0.15) is 25.8 Å². The van der Waals surface area contributed by atoms with Gasteiger partial charge in [0.25, 0.3) is 0 Å². The third-order valence-electron chi connectivity index (χ3n) is 5.96. The summed E-state index contributed by atoms with van der Waals surface area (Å²) >= 11 is 0. The maximum atomic E-state index is 12.7. The van der Waals surface area contributed by atoms with Gasteiger partial charge in [0, 0.05) is 24.1 Å². The maximum absolute atomic E-state index is 12.7. The van der Waals surface area contributed by atoms with Gasteiger partial charge >= 0.3 is 0 Å². The summed E-state index contributed by atoms with van der Waals surface area (Å²) in [6.45, 7) is 3.91. The summed E-state index contributed by atoms with van der Waals surface area (Å²) in [6.07, 6.45) is 5.78. The number of aromatic nitrogens is 1. The lowest BCUT2D eigenvalue weighted by molar-refractivity contribution is -0.125. The van der Waals surface area contributed by atoms with Crippen LogP contribution in [-0.2, 0) is 16.1 Å². The molecule has 0 aliphatic heterocycles. The van der Waals surface area contributed by atoms with E-state index in [9.17, 15) is 4.79 Å². The minimum atomic E-state index is -0.854. The number of ketones is 1. The van der Waals surface area contributed by atoms with E-state index in [4.69, 9.17) is 18.9 Å². The Hall–Kier alpha value is -3.80. The molecule has 4 rings (SSSR count). The lowest BCUT2D eigenvalue weighted by atomic mass is 9.77. The van der Waals surface area contributed by atoms with Gasteiger partial charge in [0.05, 0.1) is 30.9 Å². The van der Waals surface area contributed by atoms with E-state index in [0.29, 0.717) is 41.6 Å². The van der Waals surface area contributed by atoms with Gasteiger partial charge in [-0.2, -0.15) is 0 Å². The van der Waals surface area contributed by atoms with Crippen molar-refractivity contribution in [2.75, 3.05) is 14.2 Å². The zero-order valence-corrected chi connectivity index (χ0v) is 19.3. The molecule has 170 valence electrons. The standard InChI is InChI=1S/C27H27NO5/c1-18(29)27(2)16-20(32-17-19-8-6-5-7-9-19)10-11-26(27)33-23-12-13-28-22-15-25(31-4)24(30-3)14-21(22)23/h5-15H,16-17H2,1-4H3. The van der Waals surface area contributed by atoms with Crippen molar-refractivity contribution in [1.82, 2.24) is 4.98 Å². The molecule has 1 aliphatic rings. The number of ether oxygens (including phenoxy) is 4. The van der Waals surface area contributed by atoms with Crippen molar-refractivity contribution in [2.24, 2.45) is 5.41 Å². The molecule has 1 atom stereocenters. The quantitative estimate of drug-likeness (QED) is 0.449. The predicted octanol–water partition coefficient (Wildman–Crippen LogP) is 5.61. The third-order valence-corrected chi connectivity index (χ3v) is 5.96. The maximum Gasteiger partial charge on any atom is 0.162 e. The van der Waals surface area contributed by atoms with Crippen LogP contribution in [0.5, 0.6) is 17.2 Å². The van der Waals surface area contributed by atoms with Gasteiger partial charge in [-0.25, -0.2) is 0 Å². The number of pyridine rings is 1. The predicted molar refractivity (Wildman–Crippen MR) is 126 cm³/mol. The van der Waals surface area contributed by atoms with E-state index in [1.807, 2.05) is 55.5 Å². The molecule has 0 spiro atoms. The summed E-state index contributed by atoms with van der Waals surface area (Å²) in [4.78, 5) is 17.2. The molecule has 3 aromatic rings. The lowest BCUT2D eigenvalue weighted by Gasteiger charge is -2.32. The van der Waals surface area contributed by atoms with Crippen molar-refractivity contribution in [2.45, 2.75) is 26.9 Å². The molecule has 1 unspecified atom stereocenters. The van der Waals surface area contributed by atoms with Crippen LogP contribution < -0.4 is 14.2 Å². The zero-order chi connectivity index (χ0) is 23.4. The number of benzene rings is 2. The van der Waals surface area contributed by atoms with Crippen molar-refractivity contribution < 1.29 is 23.7 Å². The summed E-state index contributed by atoms with van der Waals surface area (Å²) in [5.41, 5.74) is 0.919. The van der Waals surface area contributed by atoms with Crippen molar-refractivity contribution >= 4 is 16.7 Å². The molecule has 33 heavy (non-hydrogen) atoms. The number of hydrogen-bond donors (Lipinski definition) is 0. The Kier molecular flexibility index (Phi) is 6.36. The van der Waals surface area contributed by atoms with Crippen LogP contribution >= 0.6 is 0 Å². The monoisotopic (exact) mass is 445 g/mol. The number of hydrogen-bond acceptors (Lipinski definition) is 6. The van der Waals surface area contributed by atoms with E-state index in [0.717, 1.165) is 16.7 Å². The second kappa shape index (κ2) is 9.36. The molecule has 6 nitrogen and oxygen atoms in total. The molecule has 0 saturated carbocycles. The number of methoxy groups -OCH3 is 2. The fraction of sp³-hybridized carbons (Fsp3) is 0.259. The van der Waals surface area contributed by atoms with Crippen molar-refractivity contribution in [3.8, 4) is 17.2 Å². The van der Waals surface area contributed by atoms with E-state index in [1.54, 1.807) is 39.5 Å². The molecule has 0 N–H and O–H groups in total. The van der Waals surface area contributed by atoms with E-state index in [1.165, 1.54) is 0 Å². The molecule has 0 saturated heterocycles. The number of fused-ring (bicyclic) bond motifs is 1. The van der Waals surface area contributed by atoms with Gasteiger partial charge in [-0.1, -0.05) is 30.3 Å². The summed E-state index contributed by atoms with van der Waals surface area (Å²) in [5, 5.41) is 0.761. The highest BCUT2D eigenvalue weighted by atomic mass is 16.5. The van der Waals surface area contributed by atoms with Crippen LogP contribution in [0.15, 0.2) is 78.4 Å². The van der Waals surface area contributed by atoms with Gasteiger partial charge in [0.1, 0.15) is 23.9 Å². The minimum Gasteiger partial charge on any atom is -0.493 e.